The van der Waals surface area contributed by atoms with Crippen molar-refractivity contribution in [1.29, 1.82) is 0 Å². The summed E-state index contributed by atoms with van der Waals surface area (Å²) in [4.78, 5) is 16.4. The topological polar surface area (TPSA) is 74.8 Å². The Hall–Kier alpha value is -2.91. The highest BCUT2D eigenvalue weighted by molar-refractivity contribution is 14.0. The molecule has 178 valence electrons. The van der Waals surface area contributed by atoms with Crippen LogP contribution in [0.2, 0.25) is 0 Å². The van der Waals surface area contributed by atoms with Crippen molar-refractivity contribution in [3.63, 3.8) is 0 Å². The van der Waals surface area contributed by atoms with Gasteiger partial charge in [-0.05, 0) is 28.3 Å². The lowest BCUT2D eigenvalue weighted by Gasteiger charge is -2.26. The fourth-order valence-electron chi connectivity index (χ4n) is 3.92. The molecule has 7 heteroatoms. The zero-order valence-electron chi connectivity index (χ0n) is 19.3. The summed E-state index contributed by atoms with van der Waals surface area (Å²) < 4.78 is 5.81. The number of carbonyl (C=O) groups excluding carboxylic acids is 1. The van der Waals surface area contributed by atoms with Gasteiger partial charge in [-0.25, -0.2) is 0 Å². The van der Waals surface area contributed by atoms with Crippen molar-refractivity contribution in [3.05, 3.63) is 101 Å². The van der Waals surface area contributed by atoms with Crippen molar-refractivity contribution in [1.82, 2.24) is 10.6 Å². The molecule has 1 amide bonds. The zero-order chi connectivity index (χ0) is 22.9. The van der Waals surface area contributed by atoms with Gasteiger partial charge in [0.1, 0.15) is 0 Å². The lowest BCUT2D eigenvalue weighted by Crippen LogP contribution is -2.40. The lowest BCUT2D eigenvalue weighted by atomic mass is 9.90. The number of nitrogens with one attached hydrogen (secondary N) is 3. The molecule has 1 atom stereocenters. The van der Waals surface area contributed by atoms with Crippen LogP contribution < -0.4 is 16.0 Å². The Morgan fingerprint density at radius 3 is 2.29 bits per heavy atom. The molecule has 4 rings (SSSR count). The largest absolute Gasteiger partial charge is 0.372 e. The summed E-state index contributed by atoms with van der Waals surface area (Å²) in [5.74, 6) is 0.883. The van der Waals surface area contributed by atoms with Crippen LogP contribution in [0.25, 0.3) is 0 Å². The first-order valence-electron chi connectivity index (χ1n) is 11.2. The van der Waals surface area contributed by atoms with Gasteiger partial charge in [0.05, 0.1) is 13.2 Å². The third-order valence-electron chi connectivity index (χ3n) is 5.71. The summed E-state index contributed by atoms with van der Waals surface area (Å²) in [6.07, 6.45) is 0.467. The SMILES string of the molecule is CN=C(NCc1ccc(COCc2ccccc2)cc1)NCC1CC(=O)Nc2ccccc21.I. The third kappa shape index (κ3) is 7.30. The average molecular weight is 570 g/mol. The van der Waals surface area contributed by atoms with E-state index in [1.807, 2.05) is 36.4 Å². The molecule has 3 N–H and O–H groups in total. The normalized spacial score (nSPS) is 15.0. The van der Waals surface area contributed by atoms with Crippen LogP contribution in [-0.4, -0.2) is 25.5 Å². The molecule has 0 saturated carbocycles. The van der Waals surface area contributed by atoms with Crippen molar-refractivity contribution in [2.24, 2.45) is 4.99 Å². The van der Waals surface area contributed by atoms with Crippen LogP contribution in [0.3, 0.4) is 0 Å². The van der Waals surface area contributed by atoms with E-state index in [9.17, 15) is 4.79 Å². The molecule has 0 fully saturated rings. The fraction of sp³-hybridized carbons (Fsp3) is 0.259. The third-order valence-corrected chi connectivity index (χ3v) is 5.71. The molecular weight excluding hydrogens is 539 g/mol. The van der Waals surface area contributed by atoms with Gasteiger partial charge in [0.2, 0.25) is 5.91 Å². The maximum Gasteiger partial charge on any atom is 0.225 e. The van der Waals surface area contributed by atoms with Gasteiger partial charge in [-0.1, -0.05) is 72.8 Å². The smallest absolute Gasteiger partial charge is 0.225 e. The van der Waals surface area contributed by atoms with E-state index in [0.717, 1.165) is 22.4 Å². The summed E-state index contributed by atoms with van der Waals surface area (Å²) in [7, 11) is 1.75. The second kappa shape index (κ2) is 13.1. The van der Waals surface area contributed by atoms with Gasteiger partial charge in [0.15, 0.2) is 5.96 Å². The predicted molar refractivity (Wildman–Crippen MR) is 147 cm³/mol. The number of aliphatic imine (C=N–C) groups is 1. The molecule has 3 aromatic carbocycles. The molecule has 1 heterocycles. The molecule has 1 aliphatic rings. The van der Waals surface area contributed by atoms with Gasteiger partial charge in [0, 0.05) is 38.2 Å². The van der Waals surface area contributed by atoms with Crippen molar-refractivity contribution >= 4 is 41.5 Å². The van der Waals surface area contributed by atoms with E-state index in [-0.39, 0.29) is 35.8 Å². The van der Waals surface area contributed by atoms with E-state index in [1.165, 1.54) is 5.56 Å². The van der Waals surface area contributed by atoms with Gasteiger partial charge in [-0.2, -0.15) is 0 Å². The van der Waals surface area contributed by atoms with Gasteiger partial charge in [0.25, 0.3) is 0 Å². The number of para-hydroxylation sites is 1. The minimum atomic E-state index is 0. The van der Waals surface area contributed by atoms with E-state index in [0.29, 0.717) is 38.7 Å². The number of amides is 1. The molecule has 6 nitrogen and oxygen atoms in total. The molecule has 3 aromatic rings. The van der Waals surface area contributed by atoms with E-state index in [2.05, 4.69) is 63.4 Å². The monoisotopic (exact) mass is 570 g/mol. The Labute approximate surface area is 218 Å². The standard InChI is InChI=1S/C27H30N4O2.HI/c1-28-27(30-17-23-15-26(32)31-25-10-6-5-9-24(23)25)29-16-20-11-13-22(14-12-20)19-33-18-21-7-3-2-4-8-21;/h2-14,23H,15-19H2,1H3,(H,31,32)(H2,28,29,30);1H. The average Bonchev–Trinajstić information content (AvgIpc) is 2.85. The molecular formula is C27H31IN4O2. The maximum atomic E-state index is 12.0. The quantitative estimate of drug-likeness (QED) is 0.207. The number of rotatable bonds is 8. The van der Waals surface area contributed by atoms with Crippen LogP contribution in [0.4, 0.5) is 5.69 Å². The van der Waals surface area contributed by atoms with Crippen LogP contribution in [0, 0.1) is 0 Å². The van der Waals surface area contributed by atoms with Gasteiger partial charge in [-0.3, -0.25) is 9.79 Å². The first-order chi connectivity index (χ1) is 16.2. The highest BCUT2D eigenvalue weighted by Crippen LogP contribution is 2.31. The van der Waals surface area contributed by atoms with E-state index < -0.39 is 0 Å². The van der Waals surface area contributed by atoms with E-state index >= 15 is 0 Å². The van der Waals surface area contributed by atoms with Crippen LogP contribution in [-0.2, 0) is 29.3 Å². The molecule has 0 bridgehead atoms. The van der Waals surface area contributed by atoms with Gasteiger partial charge >= 0.3 is 0 Å². The number of halogens is 1. The lowest BCUT2D eigenvalue weighted by molar-refractivity contribution is -0.116. The maximum absolute atomic E-state index is 12.0. The number of hydrogen-bond donors (Lipinski definition) is 3. The molecule has 0 radical (unpaired) electrons. The fourth-order valence-corrected chi connectivity index (χ4v) is 3.92. The summed E-state index contributed by atoms with van der Waals surface area (Å²) in [6.45, 7) is 2.50. The minimum Gasteiger partial charge on any atom is -0.372 e. The minimum absolute atomic E-state index is 0. The Morgan fingerprint density at radius 1 is 0.912 bits per heavy atom. The molecule has 0 aromatic heterocycles. The number of ether oxygens (including phenoxy) is 1. The summed E-state index contributed by atoms with van der Waals surface area (Å²) >= 11 is 0. The van der Waals surface area contributed by atoms with Crippen LogP contribution >= 0.6 is 24.0 Å². The second-order valence-corrected chi connectivity index (χ2v) is 8.14. The first-order valence-corrected chi connectivity index (χ1v) is 11.2. The summed E-state index contributed by atoms with van der Waals surface area (Å²) in [5.41, 5.74) is 5.54. The van der Waals surface area contributed by atoms with Crippen molar-refractivity contribution < 1.29 is 9.53 Å². The van der Waals surface area contributed by atoms with E-state index in [4.69, 9.17) is 4.74 Å². The van der Waals surface area contributed by atoms with Crippen LogP contribution in [0.1, 0.15) is 34.6 Å². The number of anilines is 1. The molecule has 1 unspecified atom stereocenters. The Kier molecular flexibility index (Phi) is 9.90. The molecule has 0 spiro atoms. The van der Waals surface area contributed by atoms with Crippen LogP contribution in [0.15, 0.2) is 83.9 Å². The highest BCUT2D eigenvalue weighted by Gasteiger charge is 2.24. The Morgan fingerprint density at radius 2 is 1.56 bits per heavy atom. The number of benzene rings is 3. The number of hydrogen-bond acceptors (Lipinski definition) is 3. The van der Waals surface area contributed by atoms with Crippen LogP contribution in [0.5, 0.6) is 0 Å². The molecule has 34 heavy (non-hydrogen) atoms. The predicted octanol–water partition coefficient (Wildman–Crippen LogP) is 4.81. The van der Waals surface area contributed by atoms with E-state index in [1.54, 1.807) is 7.05 Å². The molecule has 1 aliphatic heterocycles. The van der Waals surface area contributed by atoms with Crippen molar-refractivity contribution in [2.75, 3.05) is 18.9 Å². The first kappa shape index (κ1) is 25.7. The summed E-state index contributed by atoms with van der Waals surface area (Å²) in [6, 6.07) is 26.5. The van der Waals surface area contributed by atoms with Gasteiger partial charge in [-0.15, -0.1) is 24.0 Å². The van der Waals surface area contributed by atoms with Gasteiger partial charge < -0.3 is 20.7 Å². The summed E-state index contributed by atoms with van der Waals surface area (Å²) in [5, 5.41) is 9.66. The highest BCUT2D eigenvalue weighted by atomic mass is 127. The Bertz CT molecular complexity index is 1090. The number of carbonyl (C=O) groups is 1. The van der Waals surface area contributed by atoms with Crippen molar-refractivity contribution in [2.45, 2.75) is 32.1 Å². The number of guanidine groups is 1. The zero-order valence-corrected chi connectivity index (χ0v) is 21.6. The van der Waals surface area contributed by atoms with Crippen molar-refractivity contribution in [3.8, 4) is 0 Å². The molecule has 0 saturated heterocycles. The molecule has 0 aliphatic carbocycles. The number of fused-ring (bicyclic) bond motifs is 1. The number of nitrogens with zero attached hydrogens (tertiary/aromatic N) is 1. The Balaban J connectivity index is 0.00000324. The second-order valence-electron chi connectivity index (χ2n) is 8.14.